The molecule has 2 aliphatic rings. The highest BCUT2D eigenvalue weighted by Crippen LogP contribution is 2.26. The van der Waals surface area contributed by atoms with E-state index >= 15 is 0 Å². The van der Waals surface area contributed by atoms with Crippen LogP contribution in [0.2, 0.25) is 0 Å². The Balaban J connectivity index is 1.68. The molecule has 0 bridgehead atoms. The molecule has 0 aliphatic carbocycles. The lowest BCUT2D eigenvalue weighted by atomic mass is 10.0. The summed E-state index contributed by atoms with van der Waals surface area (Å²) in [6.45, 7) is 5.64. The van der Waals surface area contributed by atoms with Gasteiger partial charge in [0.05, 0.1) is 35.7 Å². The molecule has 22 heavy (non-hydrogen) atoms. The van der Waals surface area contributed by atoms with Crippen LogP contribution in [0.1, 0.15) is 23.5 Å². The summed E-state index contributed by atoms with van der Waals surface area (Å²) in [5, 5.41) is 3.19. The predicted molar refractivity (Wildman–Crippen MR) is 86.4 cm³/mol. The molecule has 0 radical (unpaired) electrons. The second kappa shape index (κ2) is 6.52. The second-order valence-corrected chi connectivity index (χ2v) is 9.06. The number of morpholine rings is 1. The fourth-order valence-corrected chi connectivity index (χ4v) is 5.12. The third kappa shape index (κ3) is 3.68. The molecule has 6 nitrogen and oxygen atoms in total. The van der Waals surface area contributed by atoms with Crippen LogP contribution in [-0.4, -0.2) is 67.2 Å². The summed E-state index contributed by atoms with van der Waals surface area (Å²) in [5.41, 5.74) is 1.10. The minimum atomic E-state index is -3.16. The molecule has 1 aromatic rings. The highest BCUT2D eigenvalue weighted by Gasteiger charge is 2.38. The Morgan fingerprint density at radius 1 is 1.36 bits per heavy atom. The molecule has 0 N–H and O–H groups in total. The molecule has 0 saturated carbocycles. The van der Waals surface area contributed by atoms with Gasteiger partial charge in [0, 0.05) is 31.6 Å². The first-order valence-corrected chi connectivity index (χ1v) is 10.4. The molecular formula is C14H23N3O3S2. The van der Waals surface area contributed by atoms with Crippen molar-refractivity contribution >= 4 is 21.4 Å². The van der Waals surface area contributed by atoms with Gasteiger partial charge in [0.1, 0.15) is 0 Å². The maximum atomic E-state index is 12.0. The van der Waals surface area contributed by atoms with Gasteiger partial charge in [-0.25, -0.2) is 13.4 Å². The van der Waals surface area contributed by atoms with Crippen LogP contribution in [0, 0.1) is 6.92 Å². The zero-order chi connectivity index (χ0) is 15.7. The molecule has 0 amide bonds. The zero-order valence-electron chi connectivity index (χ0n) is 13.1. The van der Waals surface area contributed by atoms with E-state index in [1.54, 1.807) is 15.6 Å². The number of aromatic nitrogens is 1. The first-order chi connectivity index (χ1) is 10.4. The van der Waals surface area contributed by atoms with Crippen LogP contribution in [0.4, 0.5) is 0 Å². The van der Waals surface area contributed by atoms with Crippen molar-refractivity contribution in [1.29, 1.82) is 0 Å². The standard InChI is InChI=1S/C14H23N3O3S2/c1-11-15-12(10-21-11)9-16-5-3-13-14(4-6-16)20-8-7-17(13)22(2,18)19/h10,13-14H,3-9H2,1-2H3/t13-,14-/m0/s1. The summed E-state index contributed by atoms with van der Waals surface area (Å²) in [6, 6.07) is -0.0223. The van der Waals surface area contributed by atoms with Gasteiger partial charge in [-0.2, -0.15) is 4.31 Å². The number of hydrogen-bond acceptors (Lipinski definition) is 6. The monoisotopic (exact) mass is 345 g/mol. The van der Waals surface area contributed by atoms with Gasteiger partial charge in [-0.1, -0.05) is 0 Å². The van der Waals surface area contributed by atoms with Gasteiger partial charge in [0.25, 0.3) is 0 Å². The van der Waals surface area contributed by atoms with Gasteiger partial charge < -0.3 is 4.74 Å². The van der Waals surface area contributed by atoms with Crippen molar-refractivity contribution in [2.24, 2.45) is 0 Å². The average Bonchev–Trinajstić information content (AvgIpc) is 2.74. The van der Waals surface area contributed by atoms with Gasteiger partial charge in [-0.15, -0.1) is 11.3 Å². The normalized spacial score (nSPS) is 28.3. The molecular weight excluding hydrogens is 322 g/mol. The fraction of sp³-hybridized carbons (Fsp3) is 0.786. The Morgan fingerprint density at radius 2 is 2.14 bits per heavy atom. The molecule has 8 heteroatoms. The van der Waals surface area contributed by atoms with Crippen molar-refractivity contribution in [1.82, 2.24) is 14.2 Å². The van der Waals surface area contributed by atoms with Gasteiger partial charge in [0.15, 0.2) is 0 Å². The quantitative estimate of drug-likeness (QED) is 0.820. The lowest BCUT2D eigenvalue weighted by Gasteiger charge is -2.38. The second-order valence-electron chi connectivity index (χ2n) is 6.06. The van der Waals surface area contributed by atoms with Crippen LogP contribution in [0.3, 0.4) is 0 Å². The summed E-state index contributed by atoms with van der Waals surface area (Å²) >= 11 is 1.67. The third-order valence-corrected chi connectivity index (χ3v) is 6.52. The number of hydrogen-bond donors (Lipinski definition) is 0. The number of sulfonamides is 1. The molecule has 2 saturated heterocycles. The van der Waals surface area contributed by atoms with Crippen LogP contribution in [0.25, 0.3) is 0 Å². The molecule has 0 spiro atoms. The van der Waals surface area contributed by atoms with E-state index in [0.717, 1.165) is 43.2 Å². The summed E-state index contributed by atoms with van der Waals surface area (Å²) in [6.07, 6.45) is 3.02. The van der Waals surface area contributed by atoms with E-state index < -0.39 is 10.0 Å². The van der Waals surface area contributed by atoms with Crippen molar-refractivity contribution in [3.8, 4) is 0 Å². The smallest absolute Gasteiger partial charge is 0.211 e. The van der Waals surface area contributed by atoms with Gasteiger partial charge in [0.2, 0.25) is 10.0 Å². The Labute approximate surface area is 136 Å². The number of aryl methyl sites for hydroxylation is 1. The Hall–Kier alpha value is -0.540. The molecule has 3 heterocycles. The van der Waals surface area contributed by atoms with Crippen molar-refractivity contribution < 1.29 is 13.2 Å². The largest absolute Gasteiger partial charge is 0.375 e. The molecule has 0 aromatic carbocycles. The summed E-state index contributed by atoms with van der Waals surface area (Å²) in [5.74, 6) is 0. The third-order valence-electron chi connectivity index (χ3n) is 4.39. The maximum absolute atomic E-state index is 12.0. The number of thiazole rings is 1. The Kier molecular flexibility index (Phi) is 4.84. The number of rotatable bonds is 3. The van der Waals surface area contributed by atoms with E-state index in [-0.39, 0.29) is 12.1 Å². The van der Waals surface area contributed by atoms with Crippen LogP contribution in [-0.2, 0) is 21.3 Å². The molecule has 3 rings (SSSR count). The molecule has 0 unspecified atom stereocenters. The minimum absolute atomic E-state index is 0.0191. The van der Waals surface area contributed by atoms with Crippen LogP contribution < -0.4 is 0 Å². The van der Waals surface area contributed by atoms with E-state index in [0.29, 0.717) is 13.2 Å². The predicted octanol–water partition coefficient (Wildman–Crippen LogP) is 1.08. The molecule has 2 aliphatic heterocycles. The van der Waals surface area contributed by atoms with Gasteiger partial charge in [-0.05, 0) is 19.8 Å². The van der Waals surface area contributed by atoms with E-state index in [1.807, 2.05) is 6.92 Å². The van der Waals surface area contributed by atoms with Crippen LogP contribution >= 0.6 is 11.3 Å². The number of likely N-dealkylation sites (tertiary alicyclic amines) is 1. The molecule has 1 aromatic heterocycles. The van der Waals surface area contributed by atoms with Crippen LogP contribution in [0.5, 0.6) is 0 Å². The zero-order valence-corrected chi connectivity index (χ0v) is 14.7. The lowest BCUT2D eigenvalue weighted by Crippen LogP contribution is -2.53. The fourth-order valence-electron chi connectivity index (χ4n) is 3.38. The van der Waals surface area contributed by atoms with Crippen molar-refractivity contribution in [2.45, 2.75) is 38.5 Å². The average molecular weight is 345 g/mol. The number of ether oxygens (including phenoxy) is 1. The van der Waals surface area contributed by atoms with Crippen LogP contribution in [0.15, 0.2) is 5.38 Å². The summed E-state index contributed by atoms with van der Waals surface area (Å²) in [7, 11) is -3.16. The van der Waals surface area contributed by atoms with E-state index in [4.69, 9.17) is 4.74 Å². The topological polar surface area (TPSA) is 62.7 Å². The van der Waals surface area contributed by atoms with E-state index in [1.165, 1.54) is 6.26 Å². The maximum Gasteiger partial charge on any atom is 0.211 e. The van der Waals surface area contributed by atoms with Crippen molar-refractivity contribution in [3.05, 3.63) is 16.1 Å². The lowest BCUT2D eigenvalue weighted by molar-refractivity contribution is -0.0407. The Bertz CT molecular complexity index is 617. The van der Waals surface area contributed by atoms with Crippen molar-refractivity contribution in [3.63, 3.8) is 0 Å². The number of nitrogens with zero attached hydrogens (tertiary/aromatic N) is 3. The number of fused-ring (bicyclic) bond motifs is 1. The molecule has 2 fully saturated rings. The SMILES string of the molecule is Cc1nc(CN2CC[C@@H]3OCCN(S(C)(=O)=O)[C@H]3CC2)cs1. The first kappa shape index (κ1) is 16.3. The molecule has 2 atom stereocenters. The van der Waals surface area contributed by atoms with Gasteiger partial charge in [-0.3, -0.25) is 4.90 Å². The molecule has 124 valence electrons. The summed E-state index contributed by atoms with van der Waals surface area (Å²) in [4.78, 5) is 6.88. The van der Waals surface area contributed by atoms with Gasteiger partial charge >= 0.3 is 0 Å². The highest BCUT2D eigenvalue weighted by molar-refractivity contribution is 7.88. The van der Waals surface area contributed by atoms with Crippen molar-refractivity contribution in [2.75, 3.05) is 32.5 Å². The van der Waals surface area contributed by atoms with E-state index in [2.05, 4.69) is 15.3 Å². The minimum Gasteiger partial charge on any atom is -0.375 e. The van der Waals surface area contributed by atoms with E-state index in [9.17, 15) is 8.42 Å². The highest BCUT2D eigenvalue weighted by atomic mass is 32.2. The summed E-state index contributed by atoms with van der Waals surface area (Å²) < 4.78 is 31.4. The Morgan fingerprint density at radius 3 is 2.82 bits per heavy atom. The first-order valence-electron chi connectivity index (χ1n) is 7.65.